The second kappa shape index (κ2) is 8.73. The number of methoxy groups -OCH3 is 1. The standard InChI is InChI=1S/C15H19NO5/c1-3-10-21-15(19)11-4-6-12(7-5-11)16-13(17)8-9-14(18)20-2/h4-7H,3,8-10H2,1-2H3,(H,16,17). The Hall–Kier alpha value is -2.37. The van der Waals surface area contributed by atoms with Crippen molar-refractivity contribution in [2.45, 2.75) is 26.2 Å². The molecule has 0 aromatic heterocycles. The average molecular weight is 293 g/mol. The Labute approximate surface area is 123 Å². The summed E-state index contributed by atoms with van der Waals surface area (Å²) in [6.45, 7) is 2.30. The molecule has 0 aliphatic rings. The van der Waals surface area contributed by atoms with Crippen molar-refractivity contribution in [2.75, 3.05) is 19.0 Å². The zero-order valence-electron chi connectivity index (χ0n) is 12.2. The van der Waals surface area contributed by atoms with Gasteiger partial charge in [-0.05, 0) is 30.7 Å². The van der Waals surface area contributed by atoms with Gasteiger partial charge in [0, 0.05) is 12.1 Å². The molecule has 0 aliphatic carbocycles. The van der Waals surface area contributed by atoms with Crippen LogP contribution in [0.25, 0.3) is 0 Å². The lowest BCUT2D eigenvalue weighted by atomic mass is 10.2. The van der Waals surface area contributed by atoms with Crippen LogP contribution in [0.1, 0.15) is 36.5 Å². The van der Waals surface area contributed by atoms with E-state index < -0.39 is 5.97 Å². The van der Waals surface area contributed by atoms with Gasteiger partial charge in [0.1, 0.15) is 0 Å². The third kappa shape index (κ3) is 6.07. The number of anilines is 1. The van der Waals surface area contributed by atoms with Gasteiger partial charge in [0.25, 0.3) is 0 Å². The van der Waals surface area contributed by atoms with E-state index in [1.54, 1.807) is 24.3 Å². The Morgan fingerprint density at radius 2 is 1.76 bits per heavy atom. The molecule has 1 rings (SSSR count). The second-order valence-corrected chi connectivity index (χ2v) is 4.34. The molecule has 0 saturated carbocycles. The molecule has 1 N–H and O–H groups in total. The van der Waals surface area contributed by atoms with E-state index in [9.17, 15) is 14.4 Å². The van der Waals surface area contributed by atoms with Crippen LogP contribution >= 0.6 is 0 Å². The summed E-state index contributed by atoms with van der Waals surface area (Å²) in [5.74, 6) is -1.11. The highest BCUT2D eigenvalue weighted by Gasteiger charge is 2.09. The van der Waals surface area contributed by atoms with Gasteiger partial charge in [-0.3, -0.25) is 9.59 Å². The fourth-order valence-electron chi connectivity index (χ4n) is 1.51. The number of hydrogen-bond donors (Lipinski definition) is 1. The van der Waals surface area contributed by atoms with Crippen LogP contribution in [0.15, 0.2) is 24.3 Å². The maximum absolute atomic E-state index is 11.6. The molecule has 6 heteroatoms. The Morgan fingerprint density at radius 3 is 2.33 bits per heavy atom. The second-order valence-electron chi connectivity index (χ2n) is 4.34. The summed E-state index contributed by atoms with van der Waals surface area (Å²) >= 11 is 0. The molecule has 0 bridgehead atoms. The lowest BCUT2D eigenvalue weighted by molar-refractivity contribution is -0.141. The molecule has 21 heavy (non-hydrogen) atoms. The first-order chi connectivity index (χ1) is 10.1. The van der Waals surface area contributed by atoms with Crippen LogP contribution in [0.3, 0.4) is 0 Å². The number of rotatable bonds is 7. The van der Waals surface area contributed by atoms with Gasteiger partial charge in [-0.1, -0.05) is 6.92 Å². The van der Waals surface area contributed by atoms with Crippen molar-refractivity contribution < 1.29 is 23.9 Å². The normalized spacial score (nSPS) is 9.81. The van der Waals surface area contributed by atoms with E-state index in [0.717, 1.165) is 6.42 Å². The molecule has 0 spiro atoms. The van der Waals surface area contributed by atoms with Crippen LogP contribution in [0.2, 0.25) is 0 Å². The molecule has 0 aliphatic heterocycles. The maximum atomic E-state index is 11.6. The third-order valence-electron chi connectivity index (χ3n) is 2.63. The molecular weight excluding hydrogens is 274 g/mol. The van der Waals surface area contributed by atoms with E-state index in [0.29, 0.717) is 17.9 Å². The molecule has 1 amide bonds. The number of hydrogen-bond acceptors (Lipinski definition) is 5. The van der Waals surface area contributed by atoms with Gasteiger partial charge in [-0.15, -0.1) is 0 Å². The quantitative estimate of drug-likeness (QED) is 0.779. The SMILES string of the molecule is CCCOC(=O)c1ccc(NC(=O)CCC(=O)OC)cc1. The largest absolute Gasteiger partial charge is 0.469 e. The monoisotopic (exact) mass is 293 g/mol. The molecule has 0 unspecified atom stereocenters. The molecule has 0 saturated heterocycles. The summed E-state index contributed by atoms with van der Waals surface area (Å²) in [5, 5.41) is 2.63. The molecule has 0 atom stereocenters. The number of carbonyl (C=O) groups excluding carboxylic acids is 3. The minimum atomic E-state index is -0.431. The van der Waals surface area contributed by atoms with Gasteiger partial charge in [-0.2, -0.15) is 0 Å². The first-order valence-electron chi connectivity index (χ1n) is 6.70. The van der Waals surface area contributed by atoms with E-state index in [4.69, 9.17) is 4.74 Å². The third-order valence-corrected chi connectivity index (χ3v) is 2.63. The summed E-state index contributed by atoms with van der Waals surface area (Å²) < 4.78 is 9.45. The van der Waals surface area contributed by atoms with E-state index in [-0.39, 0.29) is 24.7 Å². The number of ether oxygens (including phenoxy) is 2. The number of benzene rings is 1. The van der Waals surface area contributed by atoms with Gasteiger partial charge >= 0.3 is 11.9 Å². The summed E-state index contributed by atoms with van der Waals surface area (Å²) in [7, 11) is 1.27. The molecule has 1 aromatic rings. The Balaban J connectivity index is 2.48. The minimum Gasteiger partial charge on any atom is -0.469 e. The van der Waals surface area contributed by atoms with Crippen molar-refractivity contribution in [1.82, 2.24) is 0 Å². The number of carbonyl (C=O) groups is 3. The highest BCUT2D eigenvalue weighted by Crippen LogP contribution is 2.11. The highest BCUT2D eigenvalue weighted by atomic mass is 16.5. The zero-order chi connectivity index (χ0) is 15.7. The molecule has 6 nitrogen and oxygen atoms in total. The Morgan fingerprint density at radius 1 is 1.10 bits per heavy atom. The molecule has 0 heterocycles. The van der Waals surface area contributed by atoms with Crippen LogP contribution < -0.4 is 5.32 Å². The van der Waals surface area contributed by atoms with Crippen molar-refractivity contribution in [3.8, 4) is 0 Å². The van der Waals surface area contributed by atoms with Gasteiger partial charge in [-0.25, -0.2) is 4.79 Å². The summed E-state index contributed by atoms with van der Waals surface area (Å²) in [5.41, 5.74) is 0.980. The van der Waals surface area contributed by atoms with Crippen molar-refractivity contribution in [3.05, 3.63) is 29.8 Å². The van der Waals surface area contributed by atoms with Crippen molar-refractivity contribution >= 4 is 23.5 Å². The fraction of sp³-hybridized carbons (Fsp3) is 0.400. The van der Waals surface area contributed by atoms with Crippen LogP contribution in [0.5, 0.6) is 0 Å². The highest BCUT2D eigenvalue weighted by molar-refractivity contribution is 5.94. The topological polar surface area (TPSA) is 81.7 Å². The van der Waals surface area contributed by atoms with Gasteiger partial charge in [0.2, 0.25) is 5.91 Å². The van der Waals surface area contributed by atoms with Crippen LogP contribution in [0.4, 0.5) is 5.69 Å². The lowest BCUT2D eigenvalue weighted by Crippen LogP contribution is -2.14. The minimum absolute atomic E-state index is 0.0315. The molecular formula is C15H19NO5. The number of esters is 2. The summed E-state index contributed by atoms with van der Waals surface area (Å²) in [4.78, 5) is 34.1. The van der Waals surface area contributed by atoms with Gasteiger partial charge in [0.05, 0.1) is 25.7 Å². The van der Waals surface area contributed by atoms with Crippen molar-refractivity contribution in [1.29, 1.82) is 0 Å². The van der Waals surface area contributed by atoms with Gasteiger partial charge < -0.3 is 14.8 Å². The summed E-state index contributed by atoms with van der Waals surface area (Å²) in [6, 6.07) is 6.37. The maximum Gasteiger partial charge on any atom is 0.338 e. The Kier molecular flexibility index (Phi) is 6.94. The predicted octanol–water partition coefficient (Wildman–Crippen LogP) is 2.15. The first kappa shape index (κ1) is 16.7. The summed E-state index contributed by atoms with van der Waals surface area (Å²) in [6.07, 6.45) is 0.844. The Bertz CT molecular complexity index is 495. The number of nitrogens with one attached hydrogen (secondary N) is 1. The van der Waals surface area contributed by atoms with E-state index in [1.807, 2.05) is 6.92 Å². The van der Waals surface area contributed by atoms with Gasteiger partial charge in [0.15, 0.2) is 0 Å². The smallest absolute Gasteiger partial charge is 0.338 e. The average Bonchev–Trinajstić information content (AvgIpc) is 2.50. The number of amides is 1. The van der Waals surface area contributed by atoms with Crippen LogP contribution in [-0.4, -0.2) is 31.6 Å². The zero-order valence-corrected chi connectivity index (χ0v) is 12.2. The van der Waals surface area contributed by atoms with Crippen LogP contribution in [0, 0.1) is 0 Å². The molecule has 114 valence electrons. The first-order valence-corrected chi connectivity index (χ1v) is 6.70. The van der Waals surface area contributed by atoms with E-state index in [1.165, 1.54) is 7.11 Å². The van der Waals surface area contributed by atoms with E-state index in [2.05, 4.69) is 10.1 Å². The molecule has 0 radical (unpaired) electrons. The predicted molar refractivity (Wildman–Crippen MR) is 76.9 cm³/mol. The lowest BCUT2D eigenvalue weighted by Gasteiger charge is -2.06. The van der Waals surface area contributed by atoms with E-state index >= 15 is 0 Å². The fourth-order valence-corrected chi connectivity index (χ4v) is 1.51. The van der Waals surface area contributed by atoms with Crippen LogP contribution in [-0.2, 0) is 19.1 Å². The van der Waals surface area contributed by atoms with Crippen molar-refractivity contribution in [3.63, 3.8) is 0 Å². The molecule has 1 aromatic carbocycles. The molecule has 0 fully saturated rings. The van der Waals surface area contributed by atoms with Crippen molar-refractivity contribution in [2.24, 2.45) is 0 Å².